The topological polar surface area (TPSA) is 151 Å². The number of rotatable bonds is 7. The fourth-order valence-electron chi connectivity index (χ4n) is 3.02. The van der Waals surface area contributed by atoms with E-state index in [1.165, 1.54) is 51.1 Å². The van der Waals surface area contributed by atoms with Crippen molar-refractivity contribution < 1.29 is 19.5 Å². The van der Waals surface area contributed by atoms with Crippen molar-refractivity contribution in [2.75, 3.05) is 17.2 Å². The first-order valence-corrected chi connectivity index (χ1v) is 13.6. The van der Waals surface area contributed by atoms with E-state index in [0.29, 0.717) is 33.5 Å². The molecule has 0 aliphatic carbocycles. The maximum absolute atomic E-state index is 12.8. The van der Waals surface area contributed by atoms with E-state index in [0.717, 1.165) is 4.34 Å². The number of carboxylic acids is 1. The van der Waals surface area contributed by atoms with Gasteiger partial charge in [-0.05, 0) is 9.66 Å². The van der Waals surface area contributed by atoms with Crippen LogP contribution in [0.3, 0.4) is 0 Å². The molecule has 10 nitrogen and oxygen atoms in total. The van der Waals surface area contributed by atoms with E-state index in [1.54, 1.807) is 15.0 Å². The highest BCUT2D eigenvalue weighted by Crippen LogP contribution is 2.42. The predicted molar refractivity (Wildman–Crippen MR) is 129 cm³/mol. The second-order valence-electron chi connectivity index (χ2n) is 6.21. The lowest BCUT2D eigenvalue weighted by Gasteiger charge is -2.49. The smallest absolute Gasteiger partial charge is 0.352 e. The molecule has 2 aromatic heterocycles. The van der Waals surface area contributed by atoms with Crippen LogP contribution in [0.1, 0.15) is 5.69 Å². The molecule has 0 saturated carbocycles. The van der Waals surface area contributed by atoms with E-state index in [2.05, 4.69) is 20.5 Å². The Labute approximate surface area is 205 Å². The number of aliphatic carboxylic acids is 1. The molecule has 1 fully saturated rings. The van der Waals surface area contributed by atoms with E-state index >= 15 is 0 Å². The summed E-state index contributed by atoms with van der Waals surface area (Å²) in [6.45, 7) is 0. The van der Waals surface area contributed by atoms with E-state index in [1.807, 2.05) is 22.6 Å². The number of carbonyl (C=O) groups excluding carboxylic acids is 2. The summed E-state index contributed by atoms with van der Waals surface area (Å²) in [6.07, 6.45) is 0. The Hall–Kier alpha value is -1.69. The molecule has 0 bridgehead atoms. The lowest BCUT2D eigenvalue weighted by molar-refractivity contribution is -0.150. The number of aromatic nitrogens is 3. The van der Waals surface area contributed by atoms with Crippen LogP contribution in [0.2, 0.25) is 0 Å². The molecule has 31 heavy (non-hydrogen) atoms. The highest BCUT2D eigenvalue weighted by Gasteiger charge is 2.54. The molecule has 1 saturated heterocycles. The number of nitrogens with zero attached hydrogens (tertiary/aromatic N) is 4. The van der Waals surface area contributed by atoms with Crippen molar-refractivity contribution in [3.8, 4) is 0 Å². The van der Waals surface area contributed by atoms with E-state index in [9.17, 15) is 19.5 Å². The Morgan fingerprint density at radius 1 is 1.45 bits per heavy atom. The van der Waals surface area contributed by atoms with Gasteiger partial charge >= 0.3 is 5.97 Å². The molecule has 15 heteroatoms. The molecule has 2 aromatic rings. The number of thioether (sulfide) groups is 2. The first kappa shape index (κ1) is 22.5. The third-order valence-electron chi connectivity index (χ3n) is 4.40. The van der Waals surface area contributed by atoms with Crippen molar-refractivity contribution in [3.05, 3.63) is 31.9 Å². The van der Waals surface area contributed by atoms with Gasteiger partial charge < -0.3 is 16.2 Å². The van der Waals surface area contributed by atoms with Crippen LogP contribution in [0.5, 0.6) is 0 Å². The summed E-state index contributed by atoms with van der Waals surface area (Å²) in [5.74, 6) is -1.25. The standard InChI is InChI=1S/C16H13IN6O4S4/c17-1-7(8-4-29-15(18)20-8)11(24)21-9-12(25)23-10(14(26)27)6(2-28-13(9)23)3-30-16-22-19-5-31-16/h1,4-5,9,13H,2-3H2,(H2,18,20)(H,21,24)(H,26,27)/b7-1+/t9?,13-/m1/s1. The molecule has 0 spiro atoms. The highest BCUT2D eigenvalue weighted by molar-refractivity contribution is 14.1. The average molecular weight is 608 g/mol. The van der Waals surface area contributed by atoms with Gasteiger partial charge in [-0.1, -0.05) is 45.7 Å². The van der Waals surface area contributed by atoms with Crippen molar-refractivity contribution in [3.63, 3.8) is 0 Å². The number of carbonyl (C=O) groups is 3. The van der Waals surface area contributed by atoms with Crippen molar-refractivity contribution in [2.45, 2.75) is 15.8 Å². The summed E-state index contributed by atoms with van der Waals surface area (Å²) >= 11 is 7.31. The Kier molecular flexibility index (Phi) is 6.85. The molecular weight excluding hydrogens is 595 g/mol. The van der Waals surface area contributed by atoms with Gasteiger partial charge in [-0.15, -0.1) is 33.3 Å². The van der Waals surface area contributed by atoms with Crippen LogP contribution >= 0.6 is 68.8 Å². The first-order chi connectivity index (χ1) is 14.9. The number of hydrogen-bond acceptors (Lipinski definition) is 11. The summed E-state index contributed by atoms with van der Waals surface area (Å²) in [6, 6.07) is -0.813. The summed E-state index contributed by atoms with van der Waals surface area (Å²) < 4.78 is 2.30. The molecule has 162 valence electrons. The van der Waals surface area contributed by atoms with Crippen molar-refractivity contribution >= 4 is 97.3 Å². The van der Waals surface area contributed by atoms with Gasteiger partial charge in [0.25, 0.3) is 11.8 Å². The minimum Gasteiger partial charge on any atom is -0.477 e. The van der Waals surface area contributed by atoms with Crippen LogP contribution in [0.25, 0.3) is 5.57 Å². The molecule has 2 atom stereocenters. The Morgan fingerprint density at radius 2 is 2.26 bits per heavy atom. The molecule has 4 rings (SSSR count). The van der Waals surface area contributed by atoms with E-state index in [-0.39, 0.29) is 5.70 Å². The number of nitrogens with two attached hydrogens (primary N) is 1. The van der Waals surface area contributed by atoms with Gasteiger partial charge in [0, 0.05) is 16.9 Å². The number of nitrogens with one attached hydrogen (secondary N) is 1. The maximum Gasteiger partial charge on any atom is 0.352 e. The zero-order valence-electron chi connectivity index (χ0n) is 15.4. The second-order valence-corrected chi connectivity index (χ2v) is 10.9. The van der Waals surface area contributed by atoms with Crippen LogP contribution in [0.4, 0.5) is 5.13 Å². The zero-order chi connectivity index (χ0) is 22.1. The van der Waals surface area contributed by atoms with Crippen molar-refractivity contribution in [1.29, 1.82) is 0 Å². The van der Waals surface area contributed by atoms with Gasteiger partial charge in [0.1, 0.15) is 22.6 Å². The Balaban J connectivity index is 1.48. The van der Waals surface area contributed by atoms with Crippen LogP contribution in [0, 0.1) is 0 Å². The normalized spacial score (nSPS) is 21.0. The van der Waals surface area contributed by atoms with Gasteiger partial charge in [0.05, 0.1) is 11.3 Å². The summed E-state index contributed by atoms with van der Waals surface area (Å²) in [5.41, 5.74) is 8.59. The molecule has 2 aliphatic heterocycles. The molecule has 1 unspecified atom stereocenters. The van der Waals surface area contributed by atoms with Crippen LogP contribution in [0.15, 0.2) is 30.6 Å². The number of nitrogen functional groups attached to an aromatic ring is 1. The quantitative estimate of drug-likeness (QED) is 0.184. The van der Waals surface area contributed by atoms with Gasteiger partial charge in [-0.3, -0.25) is 14.5 Å². The predicted octanol–water partition coefficient (Wildman–Crippen LogP) is 1.88. The fraction of sp³-hybridized carbons (Fsp3) is 0.250. The molecule has 2 aliphatic rings. The molecular formula is C16H13IN6O4S4. The van der Waals surface area contributed by atoms with E-state index in [4.69, 9.17) is 5.73 Å². The zero-order valence-corrected chi connectivity index (χ0v) is 20.8. The van der Waals surface area contributed by atoms with Crippen molar-refractivity contribution in [1.82, 2.24) is 25.4 Å². The fourth-order valence-corrected chi connectivity index (χ4v) is 7.16. The van der Waals surface area contributed by atoms with Gasteiger partial charge in [-0.2, -0.15) is 0 Å². The largest absolute Gasteiger partial charge is 0.477 e. The van der Waals surface area contributed by atoms with Crippen LogP contribution in [-0.2, 0) is 14.4 Å². The number of amides is 2. The number of anilines is 1. The third-order valence-corrected chi connectivity index (χ3v) is 8.98. The monoisotopic (exact) mass is 608 g/mol. The number of halogens is 1. The summed E-state index contributed by atoms with van der Waals surface area (Å²) in [5, 5.41) is 21.7. The molecule has 0 radical (unpaired) electrons. The van der Waals surface area contributed by atoms with Crippen molar-refractivity contribution in [2.24, 2.45) is 0 Å². The Morgan fingerprint density at radius 3 is 2.87 bits per heavy atom. The maximum atomic E-state index is 12.8. The number of fused-ring (bicyclic) bond motifs is 1. The molecule has 4 N–H and O–H groups in total. The number of hydrogen-bond donors (Lipinski definition) is 3. The first-order valence-electron chi connectivity index (χ1n) is 8.52. The summed E-state index contributed by atoms with van der Waals surface area (Å²) in [7, 11) is 0. The highest BCUT2D eigenvalue weighted by atomic mass is 127. The number of β-lactam (4-membered cyclic amide) rings is 1. The average Bonchev–Trinajstić information content (AvgIpc) is 3.42. The molecule has 0 aromatic carbocycles. The third kappa shape index (κ3) is 4.46. The van der Waals surface area contributed by atoms with Gasteiger partial charge in [0.2, 0.25) is 0 Å². The van der Waals surface area contributed by atoms with E-state index < -0.39 is 29.2 Å². The second kappa shape index (κ2) is 9.43. The minimum atomic E-state index is -1.16. The number of thiazole rings is 1. The van der Waals surface area contributed by atoms with Crippen LogP contribution < -0.4 is 11.1 Å². The summed E-state index contributed by atoms with van der Waals surface area (Å²) in [4.78, 5) is 42.8. The SMILES string of the molecule is Nc1nc(/C(=C\I)C(=O)NC2C(=O)N3C(C(=O)O)=C(CSc4nncs4)CS[C@H]23)cs1. The molecule has 4 heterocycles. The van der Waals surface area contributed by atoms with Crippen LogP contribution in [-0.4, -0.2) is 65.9 Å². The minimum absolute atomic E-state index is 0.0202. The Bertz CT molecular complexity index is 1100. The lowest BCUT2D eigenvalue weighted by Crippen LogP contribution is -2.70. The molecule has 2 amide bonds. The number of carboxylic acid groups (broad SMARTS) is 1. The van der Waals surface area contributed by atoms with Gasteiger partial charge in [0.15, 0.2) is 9.47 Å². The lowest BCUT2D eigenvalue weighted by atomic mass is 10.0. The van der Waals surface area contributed by atoms with Gasteiger partial charge in [-0.25, -0.2) is 9.78 Å².